The van der Waals surface area contributed by atoms with Gasteiger partial charge in [0.15, 0.2) is 5.11 Å². The van der Waals surface area contributed by atoms with E-state index in [4.69, 9.17) is 17.2 Å². The molecule has 2 aromatic carbocycles. The molecule has 0 bridgehead atoms. The Morgan fingerprint density at radius 2 is 2.00 bits per heavy atom. The number of piperidine rings is 1. The van der Waals surface area contributed by atoms with Gasteiger partial charge in [0.25, 0.3) is 0 Å². The van der Waals surface area contributed by atoms with Gasteiger partial charge in [-0.1, -0.05) is 12.1 Å². The van der Waals surface area contributed by atoms with Crippen LogP contribution in [0.3, 0.4) is 0 Å². The van der Waals surface area contributed by atoms with Gasteiger partial charge >= 0.3 is 0 Å². The van der Waals surface area contributed by atoms with Gasteiger partial charge in [-0.2, -0.15) is 0 Å². The quantitative estimate of drug-likeness (QED) is 0.612. The van der Waals surface area contributed by atoms with Crippen molar-refractivity contribution < 1.29 is 0 Å². The molecular weight excluding hydrogens is 352 g/mol. The molecule has 27 heavy (non-hydrogen) atoms. The number of imidazole rings is 1. The van der Waals surface area contributed by atoms with Crippen LogP contribution in [0.2, 0.25) is 0 Å². The number of H-pyrrole nitrogens is 1. The predicted molar refractivity (Wildman–Crippen MR) is 117 cm³/mol. The fraction of sp³-hybridized carbons (Fsp3) is 0.364. The van der Waals surface area contributed by atoms with Crippen molar-refractivity contribution in [3.8, 4) is 0 Å². The molecule has 0 amide bonds. The molecule has 0 spiro atoms. The average molecular weight is 379 g/mol. The van der Waals surface area contributed by atoms with Gasteiger partial charge < -0.3 is 15.2 Å². The standard InChI is InChI=1S/C22H26N4S/c1-14-6-9-19-20(11-14)25-21(24-19)17-5-4-10-26(13-17)22(27)23-18-8-7-15(2)16(3)12-18/h6-9,11-12,17H,4-5,10,13H2,1-3H3,(H,23,27)(H,24,25)/t17-/m0/s1. The summed E-state index contributed by atoms with van der Waals surface area (Å²) in [4.78, 5) is 10.6. The molecule has 0 unspecified atom stereocenters. The van der Waals surface area contributed by atoms with E-state index in [1.54, 1.807) is 0 Å². The van der Waals surface area contributed by atoms with Crippen molar-refractivity contribution in [2.24, 2.45) is 0 Å². The molecule has 1 fully saturated rings. The summed E-state index contributed by atoms with van der Waals surface area (Å²) in [6, 6.07) is 12.8. The summed E-state index contributed by atoms with van der Waals surface area (Å²) in [5, 5.41) is 4.21. The molecule has 1 aliphatic rings. The highest BCUT2D eigenvalue weighted by molar-refractivity contribution is 7.80. The van der Waals surface area contributed by atoms with Crippen molar-refractivity contribution in [2.45, 2.75) is 39.5 Å². The highest BCUT2D eigenvalue weighted by Crippen LogP contribution is 2.27. The second kappa shape index (κ2) is 7.31. The maximum absolute atomic E-state index is 5.70. The Hall–Kier alpha value is -2.40. The van der Waals surface area contributed by atoms with Gasteiger partial charge in [-0.3, -0.25) is 0 Å². The first kappa shape index (κ1) is 18.0. The van der Waals surface area contributed by atoms with E-state index in [-0.39, 0.29) is 0 Å². The third kappa shape index (κ3) is 3.83. The number of hydrogen-bond acceptors (Lipinski definition) is 2. The van der Waals surface area contributed by atoms with Gasteiger partial charge in [0.1, 0.15) is 5.82 Å². The number of thiocarbonyl (C=S) groups is 1. The number of anilines is 1. The van der Waals surface area contributed by atoms with Crippen molar-refractivity contribution in [1.82, 2.24) is 14.9 Å². The zero-order valence-electron chi connectivity index (χ0n) is 16.2. The summed E-state index contributed by atoms with van der Waals surface area (Å²) < 4.78 is 0. The maximum atomic E-state index is 5.70. The zero-order valence-corrected chi connectivity index (χ0v) is 17.0. The lowest BCUT2D eigenvalue weighted by Gasteiger charge is -2.33. The van der Waals surface area contributed by atoms with Crippen LogP contribution in [0.4, 0.5) is 5.69 Å². The number of benzene rings is 2. The number of hydrogen-bond donors (Lipinski definition) is 2. The molecule has 5 heteroatoms. The van der Waals surface area contributed by atoms with Gasteiger partial charge in [-0.05, 0) is 86.8 Å². The van der Waals surface area contributed by atoms with Crippen LogP contribution >= 0.6 is 12.2 Å². The van der Waals surface area contributed by atoms with Gasteiger partial charge in [0, 0.05) is 24.7 Å². The van der Waals surface area contributed by atoms with E-state index in [2.05, 4.69) is 72.4 Å². The number of aryl methyl sites for hydroxylation is 3. The molecule has 1 aliphatic heterocycles. The first-order valence-electron chi connectivity index (χ1n) is 9.59. The Balaban J connectivity index is 1.48. The summed E-state index contributed by atoms with van der Waals surface area (Å²) >= 11 is 5.70. The molecule has 2 heterocycles. The van der Waals surface area contributed by atoms with Crippen LogP contribution in [0, 0.1) is 20.8 Å². The zero-order chi connectivity index (χ0) is 19.0. The second-order valence-electron chi connectivity index (χ2n) is 7.66. The van der Waals surface area contributed by atoms with E-state index in [9.17, 15) is 0 Å². The molecule has 1 aromatic heterocycles. The Morgan fingerprint density at radius 1 is 1.15 bits per heavy atom. The number of aromatic amines is 1. The van der Waals surface area contributed by atoms with Crippen LogP contribution < -0.4 is 5.32 Å². The molecule has 140 valence electrons. The number of aromatic nitrogens is 2. The lowest BCUT2D eigenvalue weighted by atomic mass is 9.98. The van der Waals surface area contributed by atoms with Crippen molar-refractivity contribution in [2.75, 3.05) is 18.4 Å². The fourth-order valence-electron chi connectivity index (χ4n) is 3.74. The van der Waals surface area contributed by atoms with Crippen molar-refractivity contribution in [3.63, 3.8) is 0 Å². The van der Waals surface area contributed by atoms with Crippen LogP contribution in [-0.2, 0) is 0 Å². The number of nitrogens with one attached hydrogen (secondary N) is 2. The van der Waals surface area contributed by atoms with Crippen molar-refractivity contribution in [3.05, 3.63) is 58.9 Å². The van der Waals surface area contributed by atoms with E-state index in [1.807, 2.05) is 0 Å². The van der Waals surface area contributed by atoms with Crippen molar-refractivity contribution in [1.29, 1.82) is 0 Å². The summed E-state index contributed by atoms with van der Waals surface area (Å²) in [5.41, 5.74) is 7.05. The first-order chi connectivity index (χ1) is 13.0. The minimum atomic E-state index is 0.381. The molecule has 1 saturated heterocycles. The van der Waals surface area contributed by atoms with E-state index in [1.165, 1.54) is 16.7 Å². The monoisotopic (exact) mass is 378 g/mol. The smallest absolute Gasteiger partial charge is 0.173 e. The molecule has 4 nitrogen and oxygen atoms in total. The molecule has 0 saturated carbocycles. The summed E-state index contributed by atoms with van der Waals surface area (Å²) in [6.45, 7) is 8.26. The highest BCUT2D eigenvalue weighted by Gasteiger charge is 2.25. The molecule has 1 atom stereocenters. The number of rotatable bonds is 2. The topological polar surface area (TPSA) is 44.0 Å². The van der Waals surface area contributed by atoms with E-state index < -0.39 is 0 Å². The van der Waals surface area contributed by atoms with Crippen LogP contribution in [0.1, 0.15) is 41.3 Å². The minimum absolute atomic E-state index is 0.381. The van der Waals surface area contributed by atoms with E-state index in [0.29, 0.717) is 5.92 Å². The van der Waals surface area contributed by atoms with Gasteiger partial charge in [-0.25, -0.2) is 4.98 Å². The van der Waals surface area contributed by atoms with Crippen LogP contribution in [-0.4, -0.2) is 33.1 Å². The highest BCUT2D eigenvalue weighted by atomic mass is 32.1. The molecule has 0 aliphatic carbocycles. The van der Waals surface area contributed by atoms with Gasteiger partial charge in [0.2, 0.25) is 0 Å². The fourth-order valence-corrected chi connectivity index (χ4v) is 4.03. The minimum Gasteiger partial charge on any atom is -0.348 e. The Kier molecular flexibility index (Phi) is 4.87. The van der Waals surface area contributed by atoms with Crippen molar-refractivity contribution >= 4 is 34.1 Å². The van der Waals surface area contributed by atoms with Gasteiger partial charge in [-0.15, -0.1) is 0 Å². The molecule has 2 N–H and O–H groups in total. The largest absolute Gasteiger partial charge is 0.348 e. The van der Waals surface area contributed by atoms with E-state index in [0.717, 1.165) is 53.6 Å². The summed E-state index contributed by atoms with van der Waals surface area (Å²) in [5.74, 6) is 1.46. The number of likely N-dealkylation sites (tertiary alicyclic amines) is 1. The van der Waals surface area contributed by atoms with Crippen LogP contribution in [0.15, 0.2) is 36.4 Å². The normalized spacial score (nSPS) is 17.3. The van der Waals surface area contributed by atoms with Crippen LogP contribution in [0.25, 0.3) is 11.0 Å². The number of nitrogens with zero attached hydrogens (tertiary/aromatic N) is 2. The third-order valence-electron chi connectivity index (χ3n) is 5.51. The molecule has 4 rings (SSSR count). The predicted octanol–water partition coefficient (Wildman–Crippen LogP) is 5.06. The Morgan fingerprint density at radius 3 is 2.81 bits per heavy atom. The summed E-state index contributed by atoms with van der Waals surface area (Å²) in [6.07, 6.45) is 2.26. The number of fused-ring (bicyclic) bond motifs is 1. The summed E-state index contributed by atoms with van der Waals surface area (Å²) in [7, 11) is 0. The second-order valence-corrected chi connectivity index (χ2v) is 8.04. The Bertz CT molecular complexity index is 991. The lowest BCUT2D eigenvalue weighted by molar-refractivity contribution is 0.307. The Labute approximate surface area is 166 Å². The van der Waals surface area contributed by atoms with E-state index >= 15 is 0 Å². The van der Waals surface area contributed by atoms with Gasteiger partial charge in [0.05, 0.1) is 11.0 Å². The third-order valence-corrected chi connectivity index (χ3v) is 5.87. The van der Waals surface area contributed by atoms with Crippen LogP contribution in [0.5, 0.6) is 0 Å². The maximum Gasteiger partial charge on any atom is 0.173 e. The first-order valence-corrected chi connectivity index (χ1v) is 10.00. The SMILES string of the molecule is Cc1ccc2nc([C@H]3CCCN(C(=S)Nc4ccc(C)c(C)c4)C3)[nH]c2c1. The lowest BCUT2D eigenvalue weighted by Crippen LogP contribution is -2.41. The molecule has 0 radical (unpaired) electrons. The average Bonchev–Trinajstić information content (AvgIpc) is 3.08. The molecule has 3 aromatic rings. The molecular formula is C22H26N4S.